The molecule has 1 saturated carbocycles. The second-order valence-electron chi connectivity index (χ2n) is 8.91. The maximum absolute atomic E-state index is 12.9. The number of halogens is 1. The lowest BCUT2D eigenvalue weighted by molar-refractivity contribution is -0.138. The lowest BCUT2D eigenvalue weighted by atomic mass is 9.85. The van der Waals surface area contributed by atoms with Gasteiger partial charge in [-0.1, -0.05) is 19.8 Å². The average molecular weight is 546 g/mol. The molecule has 2 fully saturated rings. The van der Waals surface area contributed by atoms with Crippen molar-refractivity contribution in [1.82, 2.24) is 20.4 Å². The standard InChI is InChI=1S/C23H39N5O2.HI/c1-4-28-15-7-9-19(28)17-25-22(24-14-11-20-10-8-16-30-20)26-18-23(12-5-6-13-23)21(29)27(2)3;/h8,10,16,19H,4-7,9,11-15,17-18H2,1-3H3,(H2,24,25,26);1H. The summed E-state index contributed by atoms with van der Waals surface area (Å²) in [7, 11) is 3.71. The zero-order valence-corrected chi connectivity index (χ0v) is 21.7. The highest BCUT2D eigenvalue weighted by Crippen LogP contribution is 2.39. The fourth-order valence-corrected chi connectivity index (χ4v) is 4.89. The maximum atomic E-state index is 12.9. The summed E-state index contributed by atoms with van der Waals surface area (Å²) in [4.78, 5) is 22.1. The van der Waals surface area contributed by atoms with Crippen molar-refractivity contribution in [3.63, 3.8) is 0 Å². The molecule has 0 bridgehead atoms. The van der Waals surface area contributed by atoms with Crippen molar-refractivity contribution in [2.24, 2.45) is 10.4 Å². The molecule has 3 rings (SSSR count). The van der Waals surface area contributed by atoms with Crippen molar-refractivity contribution in [2.45, 2.75) is 57.9 Å². The highest BCUT2D eigenvalue weighted by atomic mass is 127. The van der Waals surface area contributed by atoms with E-state index in [-0.39, 0.29) is 35.3 Å². The van der Waals surface area contributed by atoms with E-state index in [2.05, 4.69) is 22.5 Å². The van der Waals surface area contributed by atoms with Crippen molar-refractivity contribution in [3.8, 4) is 0 Å². The summed E-state index contributed by atoms with van der Waals surface area (Å²) in [6.07, 6.45) is 9.08. The third kappa shape index (κ3) is 7.10. The first kappa shape index (κ1) is 26.0. The summed E-state index contributed by atoms with van der Waals surface area (Å²) in [5, 5.41) is 7.02. The molecule has 1 atom stereocenters. The summed E-state index contributed by atoms with van der Waals surface area (Å²) in [6.45, 7) is 6.67. The molecule has 1 saturated heterocycles. The van der Waals surface area contributed by atoms with E-state index in [4.69, 9.17) is 9.41 Å². The molecular weight excluding hydrogens is 505 g/mol. The first-order valence-electron chi connectivity index (χ1n) is 11.5. The molecule has 1 aliphatic carbocycles. The molecule has 0 spiro atoms. The molecule has 2 heterocycles. The van der Waals surface area contributed by atoms with E-state index in [9.17, 15) is 4.79 Å². The van der Waals surface area contributed by atoms with Gasteiger partial charge in [0.1, 0.15) is 5.76 Å². The van der Waals surface area contributed by atoms with Crippen LogP contribution in [0, 0.1) is 5.41 Å². The summed E-state index contributed by atoms with van der Waals surface area (Å²) < 4.78 is 5.44. The molecule has 1 amide bonds. The number of hydrogen-bond acceptors (Lipinski definition) is 4. The molecule has 0 aromatic carbocycles. The Bertz CT molecular complexity index is 686. The Balaban J connectivity index is 0.00000341. The van der Waals surface area contributed by atoms with Gasteiger partial charge in [-0.25, -0.2) is 0 Å². The molecule has 31 heavy (non-hydrogen) atoms. The molecule has 1 unspecified atom stereocenters. The van der Waals surface area contributed by atoms with Crippen LogP contribution in [-0.2, 0) is 11.2 Å². The lowest BCUT2D eigenvalue weighted by Gasteiger charge is -2.29. The summed E-state index contributed by atoms with van der Waals surface area (Å²) in [6, 6.07) is 4.46. The first-order chi connectivity index (χ1) is 14.5. The van der Waals surface area contributed by atoms with Crippen LogP contribution in [0.4, 0.5) is 0 Å². The zero-order valence-electron chi connectivity index (χ0n) is 19.4. The molecular formula is C23H40IN5O2. The Hall–Kier alpha value is -1.29. The van der Waals surface area contributed by atoms with E-state index >= 15 is 0 Å². The maximum Gasteiger partial charge on any atom is 0.230 e. The topological polar surface area (TPSA) is 73.1 Å². The Morgan fingerprint density at radius 1 is 1.29 bits per heavy atom. The van der Waals surface area contributed by atoms with Gasteiger partial charge in [-0.2, -0.15) is 0 Å². The minimum absolute atomic E-state index is 0. The van der Waals surface area contributed by atoms with Crippen LogP contribution in [0.15, 0.2) is 27.8 Å². The van der Waals surface area contributed by atoms with E-state index in [1.165, 1.54) is 19.4 Å². The SMILES string of the molecule is CCN1CCCC1CNC(=NCC1(C(=O)N(C)C)CCCC1)NCCc1ccco1.I. The quantitative estimate of drug-likeness (QED) is 0.284. The van der Waals surface area contributed by atoms with Gasteiger partial charge in [0.2, 0.25) is 5.91 Å². The third-order valence-corrected chi connectivity index (χ3v) is 6.61. The summed E-state index contributed by atoms with van der Waals surface area (Å²) in [5.74, 6) is 1.99. The van der Waals surface area contributed by atoms with Gasteiger partial charge in [-0.15, -0.1) is 24.0 Å². The van der Waals surface area contributed by atoms with Gasteiger partial charge in [0.15, 0.2) is 5.96 Å². The van der Waals surface area contributed by atoms with Crippen molar-refractivity contribution >= 4 is 35.8 Å². The van der Waals surface area contributed by atoms with Gasteiger partial charge in [0.05, 0.1) is 18.2 Å². The van der Waals surface area contributed by atoms with Crippen molar-refractivity contribution in [2.75, 3.05) is 46.8 Å². The molecule has 1 aromatic heterocycles. The average Bonchev–Trinajstić information content (AvgIpc) is 3.51. The van der Waals surface area contributed by atoms with Crippen LogP contribution >= 0.6 is 24.0 Å². The number of hydrogen-bond donors (Lipinski definition) is 2. The zero-order chi connectivity index (χ0) is 21.4. The number of carbonyl (C=O) groups is 1. The molecule has 0 radical (unpaired) electrons. The Kier molecular flexibility index (Phi) is 10.6. The fraction of sp³-hybridized carbons (Fsp3) is 0.739. The lowest BCUT2D eigenvalue weighted by Crippen LogP contribution is -2.46. The van der Waals surface area contributed by atoms with Gasteiger partial charge in [-0.3, -0.25) is 14.7 Å². The van der Waals surface area contributed by atoms with E-state index in [1.807, 2.05) is 26.2 Å². The minimum atomic E-state index is -0.345. The molecule has 1 aromatic rings. The molecule has 8 heteroatoms. The number of amides is 1. The van der Waals surface area contributed by atoms with E-state index in [0.29, 0.717) is 12.6 Å². The monoisotopic (exact) mass is 545 g/mol. The summed E-state index contributed by atoms with van der Waals surface area (Å²) in [5.41, 5.74) is -0.345. The van der Waals surface area contributed by atoms with E-state index < -0.39 is 0 Å². The predicted octanol–water partition coefficient (Wildman–Crippen LogP) is 3.11. The van der Waals surface area contributed by atoms with Crippen LogP contribution in [0.1, 0.15) is 51.2 Å². The van der Waals surface area contributed by atoms with Crippen molar-refractivity contribution in [1.29, 1.82) is 0 Å². The summed E-state index contributed by atoms with van der Waals surface area (Å²) >= 11 is 0. The number of likely N-dealkylation sites (tertiary alicyclic amines) is 1. The van der Waals surface area contributed by atoms with Gasteiger partial charge >= 0.3 is 0 Å². The Morgan fingerprint density at radius 3 is 2.71 bits per heavy atom. The van der Waals surface area contributed by atoms with Gasteiger partial charge in [0, 0.05) is 39.6 Å². The number of carbonyl (C=O) groups excluding carboxylic acids is 1. The number of furan rings is 1. The fourth-order valence-electron chi connectivity index (χ4n) is 4.89. The first-order valence-corrected chi connectivity index (χ1v) is 11.5. The molecule has 2 N–H and O–H groups in total. The number of likely N-dealkylation sites (N-methyl/N-ethyl adjacent to an activating group) is 1. The second kappa shape index (κ2) is 12.7. The number of nitrogens with one attached hydrogen (secondary N) is 2. The highest BCUT2D eigenvalue weighted by Gasteiger charge is 2.42. The van der Waals surface area contributed by atoms with Crippen molar-refractivity contribution < 1.29 is 9.21 Å². The molecule has 2 aliphatic rings. The Morgan fingerprint density at radius 2 is 2.06 bits per heavy atom. The van der Waals surface area contributed by atoms with Gasteiger partial charge < -0.3 is 20.0 Å². The van der Waals surface area contributed by atoms with Gasteiger partial charge in [0.25, 0.3) is 0 Å². The largest absolute Gasteiger partial charge is 0.469 e. The second-order valence-corrected chi connectivity index (χ2v) is 8.91. The minimum Gasteiger partial charge on any atom is -0.469 e. The van der Waals surface area contributed by atoms with Crippen LogP contribution in [0.25, 0.3) is 0 Å². The smallest absolute Gasteiger partial charge is 0.230 e. The van der Waals surface area contributed by atoms with Crippen LogP contribution in [0.3, 0.4) is 0 Å². The molecule has 176 valence electrons. The van der Waals surface area contributed by atoms with Gasteiger partial charge in [-0.05, 0) is 50.9 Å². The Labute approximate surface area is 204 Å². The normalized spacial score (nSPS) is 21.0. The molecule has 7 nitrogen and oxygen atoms in total. The number of guanidine groups is 1. The third-order valence-electron chi connectivity index (χ3n) is 6.61. The van der Waals surface area contributed by atoms with E-state index in [0.717, 1.165) is 63.5 Å². The van der Waals surface area contributed by atoms with Crippen LogP contribution < -0.4 is 10.6 Å². The highest BCUT2D eigenvalue weighted by molar-refractivity contribution is 14.0. The van der Waals surface area contributed by atoms with E-state index in [1.54, 1.807) is 11.2 Å². The van der Waals surface area contributed by atoms with Crippen molar-refractivity contribution in [3.05, 3.63) is 24.2 Å². The van der Waals surface area contributed by atoms with Crippen LogP contribution in [0.2, 0.25) is 0 Å². The van der Waals surface area contributed by atoms with Crippen LogP contribution in [-0.4, -0.2) is 74.5 Å². The number of aliphatic imine (C=N–C) groups is 1. The molecule has 1 aliphatic heterocycles. The van der Waals surface area contributed by atoms with Crippen LogP contribution in [0.5, 0.6) is 0 Å². The number of rotatable bonds is 9. The predicted molar refractivity (Wildman–Crippen MR) is 136 cm³/mol. The number of nitrogens with zero attached hydrogens (tertiary/aromatic N) is 3.